The van der Waals surface area contributed by atoms with Crippen LogP contribution in [-0.2, 0) is 5.41 Å². The van der Waals surface area contributed by atoms with E-state index in [0.717, 1.165) is 19.3 Å². The average Bonchev–Trinajstić information content (AvgIpc) is 2.39. The lowest BCUT2D eigenvalue weighted by atomic mass is 9.71. The molecule has 0 aromatic carbocycles. The summed E-state index contributed by atoms with van der Waals surface area (Å²) in [6, 6.07) is 4.29. The highest BCUT2D eigenvalue weighted by molar-refractivity contribution is 5.37. The molecular formula is C15H19N. The van der Waals surface area contributed by atoms with Gasteiger partial charge in [-0.1, -0.05) is 37.6 Å². The van der Waals surface area contributed by atoms with Crippen LogP contribution in [0.15, 0.2) is 48.3 Å². The molecule has 1 nitrogen and oxygen atoms in total. The maximum absolute atomic E-state index is 4.11. The van der Waals surface area contributed by atoms with E-state index in [2.05, 4.69) is 49.2 Å². The first-order chi connectivity index (χ1) is 7.80. The van der Waals surface area contributed by atoms with Gasteiger partial charge in [0.15, 0.2) is 0 Å². The Morgan fingerprint density at radius 3 is 2.62 bits per heavy atom. The molecule has 1 aromatic heterocycles. The van der Waals surface area contributed by atoms with Crippen molar-refractivity contribution >= 4 is 0 Å². The van der Waals surface area contributed by atoms with Gasteiger partial charge in [-0.15, -0.1) is 0 Å². The Balaban J connectivity index is 2.36. The summed E-state index contributed by atoms with van der Waals surface area (Å²) in [6.45, 7) is 4.50. The summed E-state index contributed by atoms with van der Waals surface area (Å²) in [5.74, 6) is 0. The molecule has 0 aliphatic heterocycles. The lowest BCUT2D eigenvalue weighted by Crippen LogP contribution is -2.25. The molecule has 1 atom stereocenters. The smallest absolute Gasteiger partial charge is 0.0270 e. The molecule has 0 spiro atoms. The second-order valence-electron chi connectivity index (χ2n) is 4.46. The summed E-state index contributed by atoms with van der Waals surface area (Å²) in [7, 11) is 0. The normalized spacial score (nSPS) is 24.2. The van der Waals surface area contributed by atoms with E-state index >= 15 is 0 Å². The molecule has 1 aliphatic carbocycles. The van der Waals surface area contributed by atoms with E-state index in [-0.39, 0.29) is 5.41 Å². The molecule has 1 unspecified atom stereocenters. The molecule has 0 saturated heterocycles. The van der Waals surface area contributed by atoms with Crippen molar-refractivity contribution in [2.75, 3.05) is 0 Å². The highest BCUT2D eigenvalue weighted by Gasteiger charge is 2.29. The number of nitrogens with zero attached hydrogens (tertiary/aromatic N) is 1. The van der Waals surface area contributed by atoms with Gasteiger partial charge in [-0.3, -0.25) is 4.98 Å². The van der Waals surface area contributed by atoms with Crippen LogP contribution in [0.25, 0.3) is 0 Å². The molecule has 0 saturated carbocycles. The molecular weight excluding hydrogens is 194 g/mol. The number of aromatic nitrogens is 1. The van der Waals surface area contributed by atoms with Gasteiger partial charge in [0.25, 0.3) is 0 Å². The molecule has 84 valence electrons. The minimum absolute atomic E-state index is 0.197. The summed E-state index contributed by atoms with van der Waals surface area (Å²) in [6.07, 6.45) is 14.1. The summed E-state index contributed by atoms with van der Waals surface area (Å²) in [5.41, 5.74) is 3.13. The topological polar surface area (TPSA) is 12.9 Å². The van der Waals surface area contributed by atoms with Crippen LogP contribution in [-0.4, -0.2) is 4.98 Å². The first-order valence-corrected chi connectivity index (χ1v) is 6.08. The fourth-order valence-corrected chi connectivity index (χ4v) is 2.46. The number of hydrogen-bond acceptors (Lipinski definition) is 1. The Labute approximate surface area is 97.9 Å². The van der Waals surface area contributed by atoms with Crippen molar-refractivity contribution in [3.8, 4) is 0 Å². The second kappa shape index (κ2) is 4.65. The third-order valence-electron chi connectivity index (χ3n) is 3.63. The summed E-state index contributed by atoms with van der Waals surface area (Å²) in [5, 5.41) is 0. The molecule has 0 N–H and O–H groups in total. The minimum Gasteiger partial charge on any atom is -0.265 e. The number of hydrogen-bond donors (Lipinski definition) is 0. The van der Waals surface area contributed by atoms with Crippen LogP contribution in [0.2, 0.25) is 0 Å². The summed E-state index contributed by atoms with van der Waals surface area (Å²) >= 11 is 0. The van der Waals surface area contributed by atoms with Gasteiger partial charge in [0.2, 0.25) is 0 Å². The van der Waals surface area contributed by atoms with Gasteiger partial charge in [-0.25, -0.2) is 0 Å². The predicted molar refractivity (Wildman–Crippen MR) is 68.3 cm³/mol. The number of pyridine rings is 1. The van der Waals surface area contributed by atoms with E-state index in [1.54, 1.807) is 5.57 Å². The Kier molecular flexibility index (Phi) is 3.23. The first kappa shape index (κ1) is 11.1. The highest BCUT2D eigenvalue weighted by atomic mass is 14.6. The maximum atomic E-state index is 4.11. The molecule has 1 aliphatic rings. The SMILES string of the molecule is CCC1=CC=CC(CC)(c2ccncc2)C1. The second-order valence-corrected chi connectivity index (χ2v) is 4.46. The molecule has 16 heavy (non-hydrogen) atoms. The van der Waals surface area contributed by atoms with E-state index in [1.165, 1.54) is 5.56 Å². The molecule has 0 amide bonds. The van der Waals surface area contributed by atoms with Gasteiger partial charge in [-0.05, 0) is 37.0 Å². The fraction of sp³-hybridized carbons (Fsp3) is 0.400. The lowest BCUT2D eigenvalue weighted by molar-refractivity contribution is 0.498. The van der Waals surface area contributed by atoms with Gasteiger partial charge in [0.05, 0.1) is 0 Å². The van der Waals surface area contributed by atoms with Crippen LogP contribution in [0.5, 0.6) is 0 Å². The number of allylic oxidation sites excluding steroid dienone is 4. The molecule has 0 fully saturated rings. The third kappa shape index (κ3) is 1.95. The molecule has 1 heterocycles. The van der Waals surface area contributed by atoms with Crippen molar-refractivity contribution in [3.63, 3.8) is 0 Å². The molecule has 1 aromatic rings. The van der Waals surface area contributed by atoms with Crippen molar-refractivity contribution in [1.82, 2.24) is 4.98 Å². The van der Waals surface area contributed by atoms with Crippen LogP contribution >= 0.6 is 0 Å². The Morgan fingerprint density at radius 1 is 1.25 bits per heavy atom. The van der Waals surface area contributed by atoms with Gasteiger partial charge in [-0.2, -0.15) is 0 Å². The largest absolute Gasteiger partial charge is 0.265 e. The van der Waals surface area contributed by atoms with Gasteiger partial charge < -0.3 is 0 Å². The van der Waals surface area contributed by atoms with E-state index < -0.39 is 0 Å². The van der Waals surface area contributed by atoms with Crippen molar-refractivity contribution < 1.29 is 0 Å². The zero-order valence-corrected chi connectivity index (χ0v) is 10.1. The van der Waals surface area contributed by atoms with Gasteiger partial charge in [0, 0.05) is 17.8 Å². The zero-order valence-electron chi connectivity index (χ0n) is 10.1. The van der Waals surface area contributed by atoms with Crippen molar-refractivity contribution in [3.05, 3.63) is 53.9 Å². The quantitative estimate of drug-likeness (QED) is 0.738. The Hall–Kier alpha value is -1.37. The van der Waals surface area contributed by atoms with Crippen molar-refractivity contribution in [2.45, 2.75) is 38.5 Å². The van der Waals surface area contributed by atoms with Gasteiger partial charge in [0.1, 0.15) is 0 Å². The van der Waals surface area contributed by atoms with Crippen LogP contribution in [0.3, 0.4) is 0 Å². The fourth-order valence-electron chi connectivity index (χ4n) is 2.46. The molecule has 2 rings (SSSR count). The monoisotopic (exact) mass is 213 g/mol. The van der Waals surface area contributed by atoms with Crippen LogP contribution < -0.4 is 0 Å². The van der Waals surface area contributed by atoms with Crippen LogP contribution in [0, 0.1) is 0 Å². The average molecular weight is 213 g/mol. The van der Waals surface area contributed by atoms with Crippen molar-refractivity contribution in [2.24, 2.45) is 0 Å². The minimum atomic E-state index is 0.197. The molecule has 1 heteroatoms. The third-order valence-corrected chi connectivity index (χ3v) is 3.63. The number of rotatable bonds is 3. The van der Waals surface area contributed by atoms with E-state index in [0.29, 0.717) is 0 Å². The first-order valence-electron chi connectivity index (χ1n) is 6.08. The molecule has 0 bridgehead atoms. The Bertz CT molecular complexity index is 403. The van der Waals surface area contributed by atoms with Gasteiger partial charge >= 0.3 is 0 Å². The van der Waals surface area contributed by atoms with Crippen LogP contribution in [0.1, 0.15) is 38.7 Å². The summed E-state index contributed by atoms with van der Waals surface area (Å²) in [4.78, 5) is 4.11. The van der Waals surface area contributed by atoms with E-state index in [4.69, 9.17) is 0 Å². The van der Waals surface area contributed by atoms with E-state index in [9.17, 15) is 0 Å². The molecule has 0 radical (unpaired) electrons. The predicted octanol–water partition coefficient (Wildman–Crippen LogP) is 4.03. The lowest BCUT2D eigenvalue weighted by Gasteiger charge is -2.33. The van der Waals surface area contributed by atoms with Crippen molar-refractivity contribution in [1.29, 1.82) is 0 Å². The summed E-state index contributed by atoms with van der Waals surface area (Å²) < 4.78 is 0. The highest BCUT2D eigenvalue weighted by Crippen LogP contribution is 2.38. The maximum Gasteiger partial charge on any atom is 0.0270 e. The standard InChI is InChI=1S/C15H19N/c1-3-13-6-5-9-15(4-2,12-13)14-7-10-16-11-8-14/h5-11H,3-4,12H2,1-2H3. The van der Waals surface area contributed by atoms with E-state index in [1.807, 2.05) is 12.4 Å². The van der Waals surface area contributed by atoms with Crippen LogP contribution in [0.4, 0.5) is 0 Å². The zero-order chi connectivity index (χ0) is 11.4. The Morgan fingerprint density at radius 2 is 2.00 bits per heavy atom.